The molecule has 4 heterocycles. The van der Waals surface area contributed by atoms with Crippen LogP contribution in [0.2, 0.25) is 0 Å². The lowest BCUT2D eigenvalue weighted by Crippen LogP contribution is -2.40. The normalized spacial score (nSPS) is 15.9. The number of aliphatic hydroxyl groups excluding tert-OH is 1. The number of unbranched alkanes of at least 4 members (excludes halogenated alkanes) is 2. The van der Waals surface area contributed by atoms with Crippen molar-refractivity contribution in [3.63, 3.8) is 0 Å². The van der Waals surface area contributed by atoms with Gasteiger partial charge in [0, 0.05) is 108 Å². The first-order chi connectivity index (χ1) is 40.2. The molecule has 7 aromatic rings. The Labute approximate surface area is 481 Å². The van der Waals surface area contributed by atoms with Crippen LogP contribution in [0.1, 0.15) is 72.8 Å². The number of piperidine rings is 1. The Morgan fingerprint density at radius 2 is 1.35 bits per heavy atom. The van der Waals surface area contributed by atoms with E-state index in [-0.39, 0.29) is 42.2 Å². The summed E-state index contributed by atoms with van der Waals surface area (Å²) in [6.07, 6.45) is 6.37. The molecule has 0 radical (unpaired) electrons. The molecule has 0 saturated carbocycles. The highest BCUT2D eigenvalue weighted by Crippen LogP contribution is 2.46. The predicted molar refractivity (Wildman–Crippen MR) is 324 cm³/mol. The van der Waals surface area contributed by atoms with E-state index in [0.29, 0.717) is 42.8 Å². The minimum Gasteiger partial charge on any atom is -0.497 e. The lowest BCUT2D eigenvalue weighted by Gasteiger charge is -2.37. The SMILES string of the molecule is COc1ccc(C(OCC(CO)CCCCCC(=O)C2CCN(S(=O)(=O)c3ccccc3-c3c4ccc(=[N+]5CCc6ccccc65)cc-4oc4cc(N5CCc6ccccc65)ccc34)CC2)(c2ccccc2)c2ccc(OC)cc2)cc1. The molecule has 418 valence electrons. The summed E-state index contributed by atoms with van der Waals surface area (Å²) in [5.41, 5.74) is 10.8. The summed E-state index contributed by atoms with van der Waals surface area (Å²) in [5, 5.41) is 12.6. The Bertz CT molecular complexity index is 3840. The Kier molecular flexibility index (Phi) is 16.0. The average Bonchev–Trinajstić information content (AvgIpc) is 2.37. The van der Waals surface area contributed by atoms with Crippen molar-refractivity contribution < 1.29 is 36.9 Å². The lowest BCUT2D eigenvalue weighted by atomic mass is 9.79. The molecule has 11 nitrogen and oxygen atoms in total. The number of aliphatic hydroxyl groups is 1. The van der Waals surface area contributed by atoms with Gasteiger partial charge in [-0.2, -0.15) is 8.88 Å². The molecule has 12 heteroatoms. The molecule has 12 rings (SSSR count). The summed E-state index contributed by atoms with van der Waals surface area (Å²) in [4.78, 5) is 16.4. The van der Waals surface area contributed by atoms with Gasteiger partial charge in [-0.1, -0.05) is 122 Å². The fourth-order valence-corrected chi connectivity index (χ4v) is 14.5. The zero-order chi connectivity index (χ0) is 56.2. The highest BCUT2D eigenvalue weighted by atomic mass is 32.2. The minimum atomic E-state index is -4.01. The molecule has 0 bridgehead atoms. The van der Waals surface area contributed by atoms with Crippen molar-refractivity contribution in [2.24, 2.45) is 11.8 Å². The van der Waals surface area contributed by atoms with Crippen molar-refractivity contribution >= 4 is 43.8 Å². The maximum Gasteiger partial charge on any atom is 0.243 e. The van der Waals surface area contributed by atoms with Gasteiger partial charge in [0.05, 0.1) is 31.8 Å². The van der Waals surface area contributed by atoms with Crippen LogP contribution in [0.15, 0.2) is 197 Å². The molecule has 5 aliphatic rings. The van der Waals surface area contributed by atoms with E-state index in [0.717, 1.165) is 107 Å². The van der Waals surface area contributed by atoms with Gasteiger partial charge in [0.25, 0.3) is 0 Å². The summed E-state index contributed by atoms with van der Waals surface area (Å²) in [6.45, 7) is 2.49. The molecule has 1 N–H and O–H groups in total. The summed E-state index contributed by atoms with van der Waals surface area (Å²) in [7, 11) is -0.704. The van der Waals surface area contributed by atoms with Gasteiger partial charge in [-0.15, -0.1) is 0 Å². The summed E-state index contributed by atoms with van der Waals surface area (Å²) in [6, 6.07) is 63.0. The van der Waals surface area contributed by atoms with Crippen molar-refractivity contribution in [1.82, 2.24) is 8.88 Å². The van der Waals surface area contributed by atoms with E-state index >= 15 is 8.42 Å². The van der Waals surface area contributed by atoms with Gasteiger partial charge in [-0.05, 0) is 109 Å². The third-order valence-electron chi connectivity index (χ3n) is 17.3. The van der Waals surface area contributed by atoms with E-state index in [1.54, 1.807) is 30.7 Å². The van der Waals surface area contributed by atoms with Gasteiger partial charge >= 0.3 is 0 Å². The maximum atomic E-state index is 15.1. The van der Waals surface area contributed by atoms with Crippen LogP contribution in [0.5, 0.6) is 11.5 Å². The number of fused-ring (bicyclic) bond motifs is 4. The smallest absolute Gasteiger partial charge is 0.243 e. The molecule has 82 heavy (non-hydrogen) atoms. The third-order valence-corrected chi connectivity index (χ3v) is 19.2. The van der Waals surface area contributed by atoms with Crippen LogP contribution < -0.4 is 24.3 Å². The number of carbonyl (C=O) groups excluding carboxylic acids is 1. The van der Waals surface area contributed by atoms with E-state index in [4.69, 9.17) is 18.6 Å². The molecule has 1 saturated heterocycles. The third kappa shape index (κ3) is 10.6. The largest absolute Gasteiger partial charge is 0.497 e. The number of carbonyl (C=O) groups is 1. The number of ketones is 1. The first-order valence-corrected chi connectivity index (χ1v) is 30.4. The van der Waals surface area contributed by atoms with Crippen LogP contribution in [0.3, 0.4) is 0 Å². The van der Waals surface area contributed by atoms with Crippen molar-refractivity contribution in [1.29, 1.82) is 0 Å². The van der Waals surface area contributed by atoms with Crippen LogP contribution in [-0.2, 0) is 38.0 Å². The zero-order valence-electron chi connectivity index (χ0n) is 46.7. The highest BCUT2D eigenvalue weighted by molar-refractivity contribution is 7.89. The number of rotatable bonds is 20. The van der Waals surface area contributed by atoms with E-state index < -0.39 is 15.6 Å². The van der Waals surface area contributed by atoms with Crippen molar-refractivity contribution in [2.75, 3.05) is 58.5 Å². The van der Waals surface area contributed by atoms with E-state index in [1.165, 1.54) is 22.5 Å². The van der Waals surface area contributed by atoms with Crippen LogP contribution in [0, 0.1) is 11.8 Å². The molecule has 0 spiro atoms. The molecule has 0 aromatic heterocycles. The van der Waals surface area contributed by atoms with E-state index in [1.807, 2.05) is 78.9 Å². The summed E-state index contributed by atoms with van der Waals surface area (Å²) in [5.74, 6) is 1.99. The molecule has 4 aliphatic heterocycles. The number of nitrogens with zero attached hydrogens (tertiary/aromatic N) is 3. The fourth-order valence-electron chi connectivity index (χ4n) is 12.8. The number of hydrogen-bond acceptors (Lipinski definition) is 9. The van der Waals surface area contributed by atoms with Crippen molar-refractivity contribution in [2.45, 2.75) is 68.3 Å². The van der Waals surface area contributed by atoms with Crippen LogP contribution in [0.25, 0.3) is 33.4 Å². The topological polar surface area (TPSA) is 122 Å². The van der Waals surface area contributed by atoms with Crippen LogP contribution >= 0.6 is 0 Å². The Morgan fingerprint density at radius 1 is 0.683 bits per heavy atom. The van der Waals surface area contributed by atoms with Gasteiger partial charge < -0.3 is 28.6 Å². The van der Waals surface area contributed by atoms with E-state index in [2.05, 4.69) is 107 Å². The van der Waals surface area contributed by atoms with Crippen molar-refractivity contribution in [3.05, 3.63) is 221 Å². The number of sulfonamides is 1. The molecule has 1 aliphatic carbocycles. The van der Waals surface area contributed by atoms with Crippen LogP contribution in [-0.4, -0.2) is 77.2 Å². The molecular weight excluding hydrogens is 1040 g/mol. The number of Topliss-reactive ketones (excluding diaryl/α,β-unsaturated/α-hetero) is 1. The Morgan fingerprint density at radius 3 is 2.09 bits per heavy atom. The van der Waals surface area contributed by atoms with Gasteiger partial charge in [-0.25, -0.2) is 8.42 Å². The van der Waals surface area contributed by atoms with Crippen molar-refractivity contribution in [3.8, 4) is 33.9 Å². The number of benzene rings is 8. The van der Waals surface area contributed by atoms with Gasteiger partial charge in [-0.3, -0.25) is 4.79 Å². The maximum absolute atomic E-state index is 15.1. The van der Waals surface area contributed by atoms with Crippen LogP contribution in [0.4, 0.5) is 17.1 Å². The second-order valence-corrected chi connectivity index (χ2v) is 23.9. The molecule has 1 atom stereocenters. The van der Waals surface area contributed by atoms with Gasteiger partial charge in [0.1, 0.15) is 34.2 Å². The summed E-state index contributed by atoms with van der Waals surface area (Å²) >= 11 is 0. The second-order valence-electron chi connectivity index (χ2n) is 22.0. The van der Waals surface area contributed by atoms with E-state index in [9.17, 15) is 9.90 Å². The van der Waals surface area contributed by atoms with Gasteiger partial charge in [0.2, 0.25) is 21.1 Å². The Balaban J connectivity index is 0.728. The Hall–Kier alpha value is -7.87. The molecule has 1 fully saturated rings. The first-order valence-electron chi connectivity index (χ1n) is 28.9. The number of para-hydroxylation sites is 2. The number of ether oxygens (including phenoxy) is 3. The van der Waals surface area contributed by atoms with Gasteiger partial charge in [0.15, 0.2) is 6.54 Å². The standard InChI is InChI=1S/C70H70N3O8S/c1-78-58-31-25-54(26-32-58)70(53-18-6-4-7-19-53,55-27-33-59(79-2)34-28-55)80-48-49(47-74)15-5-3-8-23-65(75)52-37-41-71(42-38-52)82(76,77)68-24-14-11-20-62(68)69-60-35-29-56(72-43-39-50-16-9-12-21-63(50)72)45-66(60)81-67-46-57(30-36-61(67)69)73-44-40-51-17-10-13-22-64(51)73/h4,6-7,9-14,16-22,24-36,45-46,49,52,74H,3,5,8,15,23,37-44,47-48H2,1-2H3/q+1. The molecule has 1 unspecified atom stereocenters. The second kappa shape index (κ2) is 23.9. The number of anilines is 2. The summed E-state index contributed by atoms with van der Waals surface area (Å²) < 4.78 is 59.1. The minimum absolute atomic E-state index is 0.0413. The molecule has 0 amide bonds. The predicted octanol–water partition coefficient (Wildman–Crippen LogP) is 13.1. The fraction of sp³-hybridized carbons (Fsp3) is 0.286. The molecular formula is C70H70N3O8S+. The number of hydrogen-bond donors (Lipinski definition) is 1. The first kappa shape index (κ1) is 54.7. The lowest BCUT2D eigenvalue weighted by molar-refractivity contribution is -0.124. The zero-order valence-corrected chi connectivity index (χ0v) is 47.5. The molecule has 7 aromatic carbocycles. The monoisotopic (exact) mass is 1110 g/mol. The average molecular weight is 1110 g/mol. The number of methoxy groups -OCH3 is 2. The highest BCUT2D eigenvalue weighted by Gasteiger charge is 2.39. The quantitative estimate of drug-likeness (QED) is 0.0344.